The summed E-state index contributed by atoms with van der Waals surface area (Å²) in [6, 6.07) is 0. The SMILES string of the molecule is COCCC(C)C(C)(O)C1CCOC1. The van der Waals surface area contributed by atoms with E-state index in [2.05, 4.69) is 6.92 Å². The molecule has 1 N–H and O–H groups in total. The molecular formula is C11H22O3. The molecule has 1 saturated heterocycles. The lowest BCUT2D eigenvalue weighted by Crippen LogP contribution is -2.41. The summed E-state index contributed by atoms with van der Waals surface area (Å²) in [7, 11) is 1.69. The number of aliphatic hydroxyl groups is 1. The Morgan fingerprint density at radius 3 is 2.86 bits per heavy atom. The molecule has 84 valence electrons. The first-order valence-corrected chi connectivity index (χ1v) is 5.38. The van der Waals surface area contributed by atoms with Crippen molar-refractivity contribution in [2.24, 2.45) is 11.8 Å². The fourth-order valence-corrected chi connectivity index (χ4v) is 1.98. The van der Waals surface area contributed by atoms with Gasteiger partial charge in [0.05, 0.1) is 12.2 Å². The average Bonchev–Trinajstić information content (AvgIpc) is 2.67. The van der Waals surface area contributed by atoms with Gasteiger partial charge in [0, 0.05) is 26.2 Å². The zero-order valence-electron chi connectivity index (χ0n) is 9.45. The van der Waals surface area contributed by atoms with Crippen LogP contribution in [0.4, 0.5) is 0 Å². The van der Waals surface area contributed by atoms with Crippen molar-refractivity contribution in [3.63, 3.8) is 0 Å². The fourth-order valence-electron chi connectivity index (χ4n) is 1.98. The first-order valence-electron chi connectivity index (χ1n) is 5.38. The molecule has 3 unspecified atom stereocenters. The van der Waals surface area contributed by atoms with Gasteiger partial charge in [-0.2, -0.15) is 0 Å². The second-order valence-corrected chi connectivity index (χ2v) is 4.47. The molecule has 3 atom stereocenters. The highest BCUT2D eigenvalue weighted by atomic mass is 16.5. The van der Waals surface area contributed by atoms with Crippen molar-refractivity contribution < 1.29 is 14.6 Å². The molecule has 1 aliphatic heterocycles. The smallest absolute Gasteiger partial charge is 0.0696 e. The van der Waals surface area contributed by atoms with Gasteiger partial charge in [-0.05, 0) is 25.7 Å². The van der Waals surface area contributed by atoms with Gasteiger partial charge in [0.1, 0.15) is 0 Å². The van der Waals surface area contributed by atoms with Gasteiger partial charge in [-0.1, -0.05) is 6.92 Å². The van der Waals surface area contributed by atoms with Crippen molar-refractivity contribution in [1.82, 2.24) is 0 Å². The second kappa shape index (κ2) is 5.10. The van der Waals surface area contributed by atoms with Crippen LogP contribution in [-0.2, 0) is 9.47 Å². The maximum atomic E-state index is 10.4. The van der Waals surface area contributed by atoms with E-state index in [4.69, 9.17) is 9.47 Å². The van der Waals surface area contributed by atoms with Crippen LogP contribution in [0.1, 0.15) is 26.7 Å². The Labute approximate surface area is 86.4 Å². The highest BCUT2D eigenvalue weighted by Crippen LogP contribution is 2.33. The third-order valence-electron chi connectivity index (χ3n) is 3.51. The summed E-state index contributed by atoms with van der Waals surface area (Å²) < 4.78 is 10.3. The minimum absolute atomic E-state index is 0.258. The lowest BCUT2D eigenvalue weighted by atomic mass is 9.77. The number of ether oxygens (including phenoxy) is 2. The minimum atomic E-state index is -0.616. The number of hydrogen-bond donors (Lipinski definition) is 1. The molecule has 0 radical (unpaired) electrons. The number of rotatable bonds is 5. The highest BCUT2D eigenvalue weighted by Gasteiger charge is 2.38. The van der Waals surface area contributed by atoms with Gasteiger partial charge in [0.15, 0.2) is 0 Å². The molecule has 14 heavy (non-hydrogen) atoms. The van der Waals surface area contributed by atoms with Crippen molar-refractivity contribution in [2.75, 3.05) is 26.9 Å². The van der Waals surface area contributed by atoms with Gasteiger partial charge >= 0.3 is 0 Å². The first kappa shape index (κ1) is 12.0. The topological polar surface area (TPSA) is 38.7 Å². The van der Waals surface area contributed by atoms with E-state index in [-0.39, 0.29) is 11.8 Å². The third kappa shape index (κ3) is 2.69. The molecule has 0 aromatic rings. The molecule has 0 spiro atoms. The predicted molar refractivity (Wildman–Crippen MR) is 55.2 cm³/mol. The van der Waals surface area contributed by atoms with Crippen LogP contribution in [0.15, 0.2) is 0 Å². The van der Waals surface area contributed by atoms with Gasteiger partial charge in [0.2, 0.25) is 0 Å². The predicted octanol–water partition coefficient (Wildman–Crippen LogP) is 1.45. The monoisotopic (exact) mass is 202 g/mol. The van der Waals surface area contributed by atoms with E-state index >= 15 is 0 Å². The third-order valence-corrected chi connectivity index (χ3v) is 3.51. The zero-order valence-corrected chi connectivity index (χ0v) is 9.45. The Kier molecular flexibility index (Phi) is 4.35. The molecule has 3 nitrogen and oxygen atoms in total. The molecule has 0 bridgehead atoms. The van der Waals surface area contributed by atoms with Crippen molar-refractivity contribution in [3.8, 4) is 0 Å². The molecule has 1 aliphatic rings. The number of hydrogen-bond acceptors (Lipinski definition) is 3. The van der Waals surface area contributed by atoms with E-state index in [0.29, 0.717) is 13.2 Å². The Morgan fingerprint density at radius 1 is 1.64 bits per heavy atom. The van der Waals surface area contributed by atoms with Crippen LogP contribution in [0.3, 0.4) is 0 Å². The highest BCUT2D eigenvalue weighted by molar-refractivity contribution is 4.88. The van der Waals surface area contributed by atoms with E-state index in [1.807, 2.05) is 6.92 Å². The molecule has 0 amide bonds. The first-order chi connectivity index (χ1) is 6.59. The van der Waals surface area contributed by atoms with Gasteiger partial charge in [-0.15, -0.1) is 0 Å². The Bertz CT molecular complexity index is 162. The normalized spacial score (nSPS) is 28.7. The molecule has 0 aliphatic carbocycles. The van der Waals surface area contributed by atoms with Crippen molar-refractivity contribution >= 4 is 0 Å². The lowest BCUT2D eigenvalue weighted by molar-refractivity contribution is -0.0573. The summed E-state index contributed by atoms with van der Waals surface area (Å²) in [4.78, 5) is 0. The molecule has 0 aromatic carbocycles. The molecular weight excluding hydrogens is 180 g/mol. The fraction of sp³-hybridized carbons (Fsp3) is 1.00. The van der Waals surface area contributed by atoms with Crippen molar-refractivity contribution in [1.29, 1.82) is 0 Å². The molecule has 1 rings (SSSR count). The maximum absolute atomic E-state index is 10.4. The Balaban J connectivity index is 2.44. The van der Waals surface area contributed by atoms with E-state index in [0.717, 1.165) is 19.4 Å². The Morgan fingerprint density at radius 2 is 2.36 bits per heavy atom. The van der Waals surface area contributed by atoms with E-state index < -0.39 is 5.60 Å². The van der Waals surface area contributed by atoms with Crippen molar-refractivity contribution in [2.45, 2.75) is 32.3 Å². The number of methoxy groups -OCH3 is 1. The average molecular weight is 202 g/mol. The van der Waals surface area contributed by atoms with Crippen molar-refractivity contribution in [3.05, 3.63) is 0 Å². The van der Waals surface area contributed by atoms with Crippen LogP contribution in [0.2, 0.25) is 0 Å². The summed E-state index contributed by atoms with van der Waals surface area (Å²) in [5.41, 5.74) is -0.616. The van der Waals surface area contributed by atoms with E-state index in [1.54, 1.807) is 7.11 Å². The van der Waals surface area contributed by atoms with E-state index in [9.17, 15) is 5.11 Å². The largest absolute Gasteiger partial charge is 0.390 e. The van der Waals surface area contributed by atoms with Crippen LogP contribution < -0.4 is 0 Å². The summed E-state index contributed by atoms with van der Waals surface area (Å²) >= 11 is 0. The molecule has 0 saturated carbocycles. The maximum Gasteiger partial charge on any atom is 0.0696 e. The summed E-state index contributed by atoms with van der Waals surface area (Å²) in [6.07, 6.45) is 1.88. The van der Waals surface area contributed by atoms with Gasteiger partial charge < -0.3 is 14.6 Å². The van der Waals surface area contributed by atoms with E-state index in [1.165, 1.54) is 0 Å². The lowest BCUT2D eigenvalue weighted by Gasteiger charge is -2.35. The van der Waals surface area contributed by atoms with Gasteiger partial charge in [-0.25, -0.2) is 0 Å². The second-order valence-electron chi connectivity index (χ2n) is 4.47. The Hall–Kier alpha value is -0.120. The zero-order chi connectivity index (χ0) is 10.6. The van der Waals surface area contributed by atoms with Crippen LogP contribution in [-0.4, -0.2) is 37.6 Å². The summed E-state index contributed by atoms with van der Waals surface area (Å²) in [5.74, 6) is 0.545. The summed E-state index contributed by atoms with van der Waals surface area (Å²) in [6.45, 7) is 6.21. The van der Waals surface area contributed by atoms with Crippen LogP contribution in [0, 0.1) is 11.8 Å². The van der Waals surface area contributed by atoms with Crippen LogP contribution in [0.25, 0.3) is 0 Å². The minimum Gasteiger partial charge on any atom is -0.390 e. The quantitative estimate of drug-likeness (QED) is 0.733. The van der Waals surface area contributed by atoms with Crippen LogP contribution in [0.5, 0.6) is 0 Å². The molecule has 0 aromatic heterocycles. The van der Waals surface area contributed by atoms with Gasteiger partial charge in [-0.3, -0.25) is 0 Å². The summed E-state index contributed by atoms with van der Waals surface area (Å²) in [5, 5.41) is 10.4. The molecule has 3 heteroatoms. The van der Waals surface area contributed by atoms with Gasteiger partial charge in [0.25, 0.3) is 0 Å². The molecule has 1 fully saturated rings. The standard InChI is InChI=1S/C11H22O3/c1-9(4-6-13-3)11(2,12)10-5-7-14-8-10/h9-10,12H,4-8H2,1-3H3. The molecule has 1 heterocycles. The van der Waals surface area contributed by atoms with Crippen LogP contribution >= 0.6 is 0 Å².